The average Bonchev–Trinajstić information content (AvgIpc) is 3.08. The van der Waals surface area contributed by atoms with Crippen LogP contribution in [0, 0.1) is 0 Å². The molecule has 0 unspecified atom stereocenters. The van der Waals surface area contributed by atoms with Gasteiger partial charge in [-0.25, -0.2) is 10.1 Å². The van der Waals surface area contributed by atoms with Crippen molar-refractivity contribution in [1.82, 2.24) is 15.7 Å². The Morgan fingerprint density at radius 3 is 2.81 bits per heavy atom. The molecule has 132 valence electrons. The lowest BCUT2D eigenvalue weighted by Crippen LogP contribution is -2.19. The summed E-state index contributed by atoms with van der Waals surface area (Å²) < 4.78 is 11.1. The van der Waals surface area contributed by atoms with Crippen molar-refractivity contribution in [2.45, 2.75) is 6.61 Å². The number of rotatable bonds is 6. The molecule has 1 aromatic heterocycles. The van der Waals surface area contributed by atoms with Crippen molar-refractivity contribution in [3.8, 4) is 5.75 Å². The number of halogens is 1. The second-order valence-electron chi connectivity index (χ2n) is 5.15. The van der Waals surface area contributed by atoms with E-state index < -0.39 is 5.91 Å². The maximum Gasteiger partial charge on any atom is 0.297 e. The smallest absolute Gasteiger partial charge is 0.297 e. The van der Waals surface area contributed by atoms with Crippen molar-refractivity contribution in [3.63, 3.8) is 0 Å². The highest BCUT2D eigenvalue weighted by atomic mass is 79.9. The van der Waals surface area contributed by atoms with Crippen LogP contribution in [0.3, 0.4) is 0 Å². The van der Waals surface area contributed by atoms with Gasteiger partial charge in [0.1, 0.15) is 12.4 Å². The van der Waals surface area contributed by atoms with Crippen LogP contribution in [0.4, 0.5) is 5.82 Å². The number of benzene rings is 2. The van der Waals surface area contributed by atoms with Crippen LogP contribution in [-0.2, 0) is 6.61 Å². The van der Waals surface area contributed by atoms with Crippen molar-refractivity contribution < 1.29 is 14.2 Å². The molecule has 0 radical (unpaired) electrons. The average molecular weight is 416 g/mol. The monoisotopic (exact) mass is 415 g/mol. The molecule has 0 aliphatic heterocycles. The Labute approximate surface area is 157 Å². The van der Waals surface area contributed by atoms with Gasteiger partial charge >= 0.3 is 0 Å². The summed E-state index contributed by atoms with van der Waals surface area (Å²) in [5.74, 6) is -0.105. The molecule has 0 atom stereocenters. The fraction of sp³-hybridized carbons (Fsp3) is 0.0588. The zero-order valence-corrected chi connectivity index (χ0v) is 15.0. The van der Waals surface area contributed by atoms with Gasteiger partial charge in [-0.2, -0.15) is 5.10 Å². The van der Waals surface area contributed by atoms with Crippen molar-refractivity contribution >= 4 is 33.9 Å². The maximum absolute atomic E-state index is 11.9. The summed E-state index contributed by atoms with van der Waals surface area (Å²) in [6.07, 6.45) is 1.46. The topological polar surface area (TPSA) is 116 Å². The molecule has 0 aliphatic carbocycles. The number of nitrogens with zero attached hydrogens (tertiary/aromatic N) is 3. The highest BCUT2D eigenvalue weighted by Crippen LogP contribution is 2.22. The van der Waals surface area contributed by atoms with Gasteiger partial charge in [-0.05, 0) is 34.1 Å². The molecule has 1 heterocycles. The van der Waals surface area contributed by atoms with E-state index in [0.717, 1.165) is 10.0 Å². The summed E-state index contributed by atoms with van der Waals surface area (Å²) in [5, 5.41) is 10.6. The first-order valence-electron chi connectivity index (χ1n) is 7.51. The fourth-order valence-corrected chi connectivity index (χ4v) is 2.43. The Hall–Kier alpha value is -3.20. The first kappa shape index (κ1) is 17.6. The Kier molecular flexibility index (Phi) is 5.59. The number of ether oxygens (including phenoxy) is 1. The fourth-order valence-electron chi connectivity index (χ4n) is 2.05. The van der Waals surface area contributed by atoms with E-state index in [9.17, 15) is 4.79 Å². The van der Waals surface area contributed by atoms with Gasteiger partial charge in [0.15, 0.2) is 0 Å². The van der Waals surface area contributed by atoms with Crippen LogP contribution < -0.4 is 15.9 Å². The second kappa shape index (κ2) is 8.26. The second-order valence-corrected chi connectivity index (χ2v) is 6.07. The summed E-state index contributed by atoms with van der Waals surface area (Å²) in [5.41, 5.74) is 9.37. The molecule has 1 amide bonds. The summed E-state index contributed by atoms with van der Waals surface area (Å²) in [7, 11) is 0. The molecule has 0 saturated heterocycles. The lowest BCUT2D eigenvalue weighted by Gasteiger charge is -2.09. The number of nitrogens with one attached hydrogen (secondary N) is 1. The number of nitrogens with two attached hydrogens (primary N) is 1. The third kappa shape index (κ3) is 4.45. The molecule has 0 fully saturated rings. The van der Waals surface area contributed by atoms with E-state index >= 15 is 0 Å². The largest absolute Gasteiger partial charge is 0.488 e. The number of nitrogen functional groups attached to an aromatic ring is 1. The number of amides is 1. The molecule has 3 rings (SSSR count). The van der Waals surface area contributed by atoms with Crippen molar-refractivity contribution in [2.75, 3.05) is 5.73 Å². The van der Waals surface area contributed by atoms with Gasteiger partial charge < -0.3 is 10.5 Å². The minimum atomic E-state index is -0.623. The Morgan fingerprint density at radius 2 is 2.08 bits per heavy atom. The molecular weight excluding hydrogens is 402 g/mol. The van der Waals surface area contributed by atoms with Crippen LogP contribution in [0.15, 0.2) is 62.7 Å². The first-order valence-corrected chi connectivity index (χ1v) is 8.30. The van der Waals surface area contributed by atoms with Crippen LogP contribution in [0.2, 0.25) is 0 Å². The van der Waals surface area contributed by atoms with Gasteiger partial charge in [0.05, 0.1) is 6.21 Å². The summed E-state index contributed by atoms with van der Waals surface area (Å²) in [6, 6.07) is 15.3. The van der Waals surface area contributed by atoms with Gasteiger partial charge in [0.25, 0.3) is 5.91 Å². The Morgan fingerprint density at radius 1 is 1.27 bits per heavy atom. The lowest BCUT2D eigenvalue weighted by molar-refractivity contribution is 0.0946. The van der Waals surface area contributed by atoms with Crippen LogP contribution in [0.5, 0.6) is 5.75 Å². The number of aromatic nitrogens is 2. The van der Waals surface area contributed by atoms with Gasteiger partial charge in [-0.1, -0.05) is 46.3 Å². The maximum atomic E-state index is 11.9. The third-order valence-electron chi connectivity index (χ3n) is 3.31. The molecule has 3 aromatic rings. The molecule has 0 aliphatic rings. The quantitative estimate of drug-likeness (QED) is 0.472. The Balaban J connectivity index is 1.69. The van der Waals surface area contributed by atoms with E-state index in [1.807, 2.05) is 48.5 Å². The van der Waals surface area contributed by atoms with Gasteiger partial charge in [0.2, 0.25) is 11.5 Å². The molecule has 0 spiro atoms. The zero-order chi connectivity index (χ0) is 18.4. The van der Waals surface area contributed by atoms with Crippen molar-refractivity contribution in [1.29, 1.82) is 0 Å². The molecule has 2 aromatic carbocycles. The third-order valence-corrected chi connectivity index (χ3v) is 3.80. The Bertz CT molecular complexity index is 927. The standard InChI is InChI=1S/C17H14BrN5O3/c18-13-6-7-14(25-10-11-4-2-1-3-5-11)12(8-13)9-20-21-17(24)15-16(19)23-26-22-15/h1-9H,10H2,(H2,19,23)(H,21,24). The molecule has 3 N–H and O–H groups in total. The number of carbonyl (C=O) groups excluding carboxylic acids is 1. The normalized spacial score (nSPS) is 10.8. The highest BCUT2D eigenvalue weighted by Gasteiger charge is 2.15. The summed E-state index contributed by atoms with van der Waals surface area (Å²) in [4.78, 5) is 11.9. The van der Waals surface area contributed by atoms with E-state index in [4.69, 9.17) is 10.5 Å². The predicted molar refractivity (Wildman–Crippen MR) is 98.7 cm³/mol. The van der Waals surface area contributed by atoms with Crippen LogP contribution in [0.1, 0.15) is 21.6 Å². The summed E-state index contributed by atoms with van der Waals surface area (Å²) in [6.45, 7) is 0.414. The molecule has 0 saturated carbocycles. The van der Waals surface area contributed by atoms with Crippen molar-refractivity contribution in [2.24, 2.45) is 5.10 Å². The van der Waals surface area contributed by atoms with Gasteiger partial charge in [0, 0.05) is 10.0 Å². The van der Waals surface area contributed by atoms with Gasteiger partial charge in [-0.3, -0.25) is 4.79 Å². The molecule has 8 nitrogen and oxygen atoms in total. The highest BCUT2D eigenvalue weighted by molar-refractivity contribution is 9.10. The minimum Gasteiger partial charge on any atom is -0.488 e. The number of hydrogen-bond donors (Lipinski definition) is 2. The SMILES string of the molecule is Nc1nonc1C(=O)NN=Cc1cc(Br)ccc1OCc1ccccc1. The van der Waals surface area contributed by atoms with E-state index in [0.29, 0.717) is 17.9 Å². The van der Waals surface area contributed by atoms with E-state index in [1.54, 1.807) is 0 Å². The molecule has 0 bridgehead atoms. The predicted octanol–water partition coefficient (Wildman–Crippen LogP) is 2.76. The summed E-state index contributed by atoms with van der Waals surface area (Å²) >= 11 is 3.40. The zero-order valence-electron chi connectivity index (χ0n) is 13.4. The molecular formula is C17H14BrN5O3. The van der Waals surface area contributed by atoms with E-state index in [2.05, 4.69) is 41.4 Å². The number of hydrazone groups is 1. The number of anilines is 1. The number of carbonyl (C=O) groups is 1. The molecule has 9 heteroatoms. The van der Waals surface area contributed by atoms with Crippen molar-refractivity contribution in [3.05, 3.63) is 69.8 Å². The minimum absolute atomic E-state index is 0.105. The van der Waals surface area contributed by atoms with E-state index in [-0.39, 0.29) is 11.5 Å². The van der Waals surface area contributed by atoms with Crippen LogP contribution >= 0.6 is 15.9 Å². The first-order chi connectivity index (χ1) is 12.6. The number of hydrogen-bond acceptors (Lipinski definition) is 7. The van der Waals surface area contributed by atoms with Crippen LogP contribution in [0.25, 0.3) is 0 Å². The van der Waals surface area contributed by atoms with E-state index in [1.165, 1.54) is 6.21 Å². The molecule has 26 heavy (non-hydrogen) atoms. The van der Waals surface area contributed by atoms with Gasteiger partial charge in [-0.15, -0.1) is 0 Å². The lowest BCUT2D eigenvalue weighted by atomic mass is 10.2. The van der Waals surface area contributed by atoms with Crippen LogP contribution in [-0.4, -0.2) is 22.4 Å².